The summed E-state index contributed by atoms with van der Waals surface area (Å²) in [6.45, 7) is 7.95. The summed E-state index contributed by atoms with van der Waals surface area (Å²) in [5, 5.41) is 7.92. The molecular weight excluding hydrogens is 372 g/mol. The number of aryl methyl sites for hydroxylation is 2. The molecule has 0 atom stereocenters. The summed E-state index contributed by atoms with van der Waals surface area (Å²) < 4.78 is 1.79. The predicted molar refractivity (Wildman–Crippen MR) is 121 cm³/mol. The fraction of sp³-hybridized carbons (Fsp3) is 0.360. The van der Waals surface area contributed by atoms with Gasteiger partial charge in [-0.25, -0.2) is 4.68 Å². The molecule has 4 rings (SSSR count). The Bertz CT molecular complexity index is 1000. The zero-order valence-corrected chi connectivity index (χ0v) is 17.9. The van der Waals surface area contributed by atoms with E-state index in [-0.39, 0.29) is 5.91 Å². The molecule has 1 fully saturated rings. The van der Waals surface area contributed by atoms with Gasteiger partial charge in [0, 0.05) is 18.7 Å². The quantitative estimate of drug-likeness (QED) is 0.666. The molecule has 3 aromatic rings. The Morgan fingerprint density at radius 1 is 1.00 bits per heavy atom. The molecule has 2 heterocycles. The summed E-state index contributed by atoms with van der Waals surface area (Å²) in [5.74, 6) is -0.0818. The normalized spacial score (nSPS) is 14.6. The fourth-order valence-corrected chi connectivity index (χ4v) is 4.12. The van der Waals surface area contributed by atoms with E-state index >= 15 is 0 Å². The largest absolute Gasteiger partial charge is 0.349 e. The van der Waals surface area contributed by atoms with E-state index in [9.17, 15) is 4.79 Å². The number of hydrogen-bond acceptors (Lipinski definition) is 3. The summed E-state index contributed by atoms with van der Waals surface area (Å²) in [4.78, 5) is 15.5. The van der Waals surface area contributed by atoms with Gasteiger partial charge in [0.05, 0.1) is 11.4 Å². The van der Waals surface area contributed by atoms with Crippen molar-refractivity contribution in [3.63, 3.8) is 0 Å². The van der Waals surface area contributed by atoms with Crippen LogP contribution < -0.4 is 5.32 Å². The third-order valence-corrected chi connectivity index (χ3v) is 5.75. The van der Waals surface area contributed by atoms with Crippen LogP contribution >= 0.6 is 0 Å². The van der Waals surface area contributed by atoms with Crippen LogP contribution in [0.25, 0.3) is 16.9 Å². The topological polar surface area (TPSA) is 50.2 Å². The molecule has 1 aromatic heterocycles. The maximum absolute atomic E-state index is 13.1. The van der Waals surface area contributed by atoms with E-state index in [1.54, 1.807) is 4.68 Å². The molecule has 1 N–H and O–H groups in total. The predicted octanol–water partition coefficient (Wildman–Crippen LogP) is 4.37. The molecule has 5 heteroatoms. The minimum atomic E-state index is -0.0818. The highest BCUT2D eigenvalue weighted by atomic mass is 16.2. The van der Waals surface area contributed by atoms with Crippen LogP contribution in [0, 0.1) is 13.8 Å². The number of carbonyl (C=O) groups excluding carboxylic acids is 1. The first-order chi connectivity index (χ1) is 14.6. The van der Waals surface area contributed by atoms with Crippen molar-refractivity contribution in [2.45, 2.75) is 33.1 Å². The molecule has 30 heavy (non-hydrogen) atoms. The van der Waals surface area contributed by atoms with Gasteiger partial charge in [0.1, 0.15) is 5.69 Å². The Labute approximate surface area is 178 Å². The number of carbonyl (C=O) groups is 1. The lowest BCUT2D eigenvalue weighted by molar-refractivity contribution is 0.0939. The van der Waals surface area contributed by atoms with Gasteiger partial charge in [0.25, 0.3) is 5.91 Å². The third-order valence-electron chi connectivity index (χ3n) is 5.75. The van der Waals surface area contributed by atoms with Gasteiger partial charge in [-0.2, -0.15) is 5.10 Å². The van der Waals surface area contributed by atoms with Crippen LogP contribution in [0.1, 0.15) is 40.9 Å². The molecule has 0 bridgehead atoms. The van der Waals surface area contributed by atoms with Gasteiger partial charge in [-0.1, -0.05) is 54.4 Å². The van der Waals surface area contributed by atoms with Crippen molar-refractivity contribution in [1.29, 1.82) is 0 Å². The van der Waals surface area contributed by atoms with Gasteiger partial charge in [-0.15, -0.1) is 0 Å². The maximum atomic E-state index is 13.1. The van der Waals surface area contributed by atoms with Gasteiger partial charge in [0.2, 0.25) is 0 Å². The van der Waals surface area contributed by atoms with E-state index in [4.69, 9.17) is 5.10 Å². The standard InChI is InChI=1S/C25H30N4O/c1-19-11-12-23(20(2)17-19)29-24(18-22(27-29)21-9-5-3-6-10-21)25(30)26-13-16-28-14-7-4-8-15-28/h3,5-6,9-12,17-18H,4,7-8,13-16H2,1-2H3,(H,26,30). The van der Waals surface area contributed by atoms with E-state index in [0.29, 0.717) is 12.2 Å². The fourth-order valence-electron chi connectivity index (χ4n) is 4.12. The van der Waals surface area contributed by atoms with E-state index in [1.807, 2.05) is 42.5 Å². The van der Waals surface area contributed by atoms with Crippen LogP contribution in [-0.2, 0) is 0 Å². The molecule has 0 radical (unpaired) electrons. The van der Waals surface area contributed by atoms with E-state index in [0.717, 1.165) is 42.1 Å². The summed E-state index contributed by atoms with van der Waals surface area (Å²) in [5.41, 5.74) is 5.60. The van der Waals surface area contributed by atoms with Crippen LogP contribution in [0.3, 0.4) is 0 Å². The van der Waals surface area contributed by atoms with Crippen molar-refractivity contribution >= 4 is 5.91 Å². The summed E-state index contributed by atoms with van der Waals surface area (Å²) >= 11 is 0. The minimum Gasteiger partial charge on any atom is -0.349 e. The summed E-state index contributed by atoms with van der Waals surface area (Å²) in [6.07, 6.45) is 3.84. The van der Waals surface area contributed by atoms with Crippen molar-refractivity contribution in [3.8, 4) is 16.9 Å². The second-order valence-electron chi connectivity index (χ2n) is 8.14. The third kappa shape index (κ3) is 4.62. The van der Waals surface area contributed by atoms with Gasteiger partial charge < -0.3 is 10.2 Å². The lowest BCUT2D eigenvalue weighted by Gasteiger charge is -2.26. The Balaban J connectivity index is 1.59. The number of hydrogen-bond donors (Lipinski definition) is 1. The van der Waals surface area contributed by atoms with Gasteiger partial charge in [-0.3, -0.25) is 4.79 Å². The number of piperidine rings is 1. The first-order valence-corrected chi connectivity index (χ1v) is 10.9. The molecular formula is C25H30N4O. The van der Waals surface area contributed by atoms with Gasteiger partial charge in [-0.05, 0) is 57.5 Å². The minimum absolute atomic E-state index is 0.0818. The van der Waals surface area contributed by atoms with Crippen LogP contribution in [0.5, 0.6) is 0 Å². The highest BCUT2D eigenvalue weighted by molar-refractivity contribution is 5.94. The number of likely N-dealkylation sites (tertiary alicyclic amines) is 1. The molecule has 156 valence electrons. The van der Waals surface area contributed by atoms with Crippen molar-refractivity contribution in [1.82, 2.24) is 20.0 Å². The van der Waals surface area contributed by atoms with Crippen molar-refractivity contribution < 1.29 is 4.79 Å². The van der Waals surface area contributed by atoms with Crippen molar-refractivity contribution in [2.24, 2.45) is 0 Å². The molecule has 1 aliphatic heterocycles. The molecule has 0 saturated carbocycles. The van der Waals surface area contributed by atoms with Crippen LogP contribution in [0.2, 0.25) is 0 Å². The number of nitrogens with zero attached hydrogens (tertiary/aromatic N) is 3. The SMILES string of the molecule is Cc1ccc(-n2nc(-c3ccccc3)cc2C(=O)NCCN2CCCCC2)c(C)c1. The van der Waals surface area contributed by atoms with Crippen LogP contribution in [0.4, 0.5) is 0 Å². The number of amides is 1. The second kappa shape index (κ2) is 9.26. The Kier molecular flexibility index (Phi) is 6.29. The number of benzene rings is 2. The number of rotatable bonds is 6. The Morgan fingerprint density at radius 2 is 1.77 bits per heavy atom. The van der Waals surface area contributed by atoms with Gasteiger partial charge >= 0.3 is 0 Å². The first-order valence-electron chi connectivity index (χ1n) is 10.9. The molecule has 0 unspecified atom stereocenters. The highest BCUT2D eigenvalue weighted by Gasteiger charge is 2.19. The average Bonchev–Trinajstić information content (AvgIpc) is 3.20. The molecule has 1 amide bonds. The molecule has 2 aromatic carbocycles. The lowest BCUT2D eigenvalue weighted by atomic mass is 10.1. The molecule has 1 saturated heterocycles. The molecule has 0 aliphatic carbocycles. The van der Waals surface area contributed by atoms with Crippen LogP contribution in [0.15, 0.2) is 54.6 Å². The lowest BCUT2D eigenvalue weighted by Crippen LogP contribution is -2.38. The monoisotopic (exact) mass is 402 g/mol. The van der Waals surface area contributed by atoms with Gasteiger partial charge in [0.15, 0.2) is 0 Å². The maximum Gasteiger partial charge on any atom is 0.270 e. The smallest absolute Gasteiger partial charge is 0.270 e. The summed E-state index contributed by atoms with van der Waals surface area (Å²) in [7, 11) is 0. The second-order valence-corrected chi connectivity index (χ2v) is 8.14. The average molecular weight is 403 g/mol. The number of nitrogens with one attached hydrogen (secondary N) is 1. The molecule has 5 nitrogen and oxygen atoms in total. The Morgan fingerprint density at radius 3 is 2.50 bits per heavy atom. The molecule has 0 spiro atoms. The Hall–Kier alpha value is -2.92. The highest BCUT2D eigenvalue weighted by Crippen LogP contribution is 2.24. The number of aromatic nitrogens is 2. The van der Waals surface area contributed by atoms with Crippen molar-refractivity contribution in [2.75, 3.05) is 26.2 Å². The van der Waals surface area contributed by atoms with Crippen molar-refractivity contribution in [3.05, 3.63) is 71.4 Å². The summed E-state index contributed by atoms with van der Waals surface area (Å²) in [6, 6.07) is 18.1. The van der Waals surface area contributed by atoms with E-state index in [2.05, 4.69) is 36.2 Å². The van der Waals surface area contributed by atoms with Crippen LogP contribution in [-0.4, -0.2) is 46.8 Å². The van der Waals surface area contributed by atoms with E-state index < -0.39 is 0 Å². The zero-order valence-electron chi connectivity index (χ0n) is 17.9. The molecule has 1 aliphatic rings. The first kappa shape index (κ1) is 20.4. The van der Waals surface area contributed by atoms with E-state index in [1.165, 1.54) is 24.8 Å². The zero-order chi connectivity index (χ0) is 20.9.